The lowest BCUT2D eigenvalue weighted by Crippen LogP contribution is -2.25. The zero-order valence-electron chi connectivity index (χ0n) is 19.4. The minimum absolute atomic E-state index is 0.00459. The number of phenolic OH excluding ortho intramolecular Hbond substituents is 2. The summed E-state index contributed by atoms with van der Waals surface area (Å²) >= 11 is 0. The summed E-state index contributed by atoms with van der Waals surface area (Å²) in [5, 5.41) is 22.5. The van der Waals surface area contributed by atoms with Gasteiger partial charge in [-0.15, -0.1) is 0 Å². The summed E-state index contributed by atoms with van der Waals surface area (Å²) in [6.07, 6.45) is 0.649. The van der Waals surface area contributed by atoms with Crippen LogP contribution < -0.4 is 4.74 Å². The van der Waals surface area contributed by atoms with Crippen LogP contribution in [0.5, 0.6) is 17.2 Å². The number of rotatable bonds is 4. The molecule has 0 aliphatic carbocycles. The Labute approximate surface area is 189 Å². The summed E-state index contributed by atoms with van der Waals surface area (Å²) in [6.45, 7) is 9.92. The maximum atomic E-state index is 13.0. The molecule has 3 aromatic rings. The van der Waals surface area contributed by atoms with E-state index in [0.29, 0.717) is 29.7 Å². The van der Waals surface area contributed by atoms with Gasteiger partial charge in [0, 0.05) is 30.4 Å². The van der Waals surface area contributed by atoms with E-state index < -0.39 is 0 Å². The van der Waals surface area contributed by atoms with Crippen LogP contribution in [-0.2, 0) is 12.8 Å². The largest absolute Gasteiger partial charge is 0.507 e. The van der Waals surface area contributed by atoms with E-state index in [4.69, 9.17) is 4.74 Å². The van der Waals surface area contributed by atoms with Crippen LogP contribution in [0.25, 0.3) is 0 Å². The second-order valence-corrected chi connectivity index (χ2v) is 9.13. The number of aromatic hydroxyl groups is 2. The van der Waals surface area contributed by atoms with Gasteiger partial charge in [-0.05, 0) is 56.9 Å². The number of phenols is 2. The number of benzene rings is 3. The summed E-state index contributed by atoms with van der Waals surface area (Å²) in [5.41, 5.74) is 7.59. The van der Waals surface area contributed by atoms with E-state index in [0.717, 1.165) is 33.4 Å². The molecular formula is C28H30O4. The van der Waals surface area contributed by atoms with Crippen LogP contribution >= 0.6 is 0 Å². The first kappa shape index (κ1) is 21.9. The molecule has 0 aromatic heterocycles. The van der Waals surface area contributed by atoms with Crippen LogP contribution in [0.2, 0.25) is 0 Å². The predicted octanol–water partition coefficient (Wildman–Crippen LogP) is 5.87. The molecule has 1 unspecified atom stereocenters. The number of ether oxygens (including phenoxy) is 1. The number of ketones is 1. The first-order valence-electron chi connectivity index (χ1n) is 11.1. The van der Waals surface area contributed by atoms with Crippen molar-refractivity contribution in [1.29, 1.82) is 0 Å². The van der Waals surface area contributed by atoms with E-state index in [1.807, 2.05) is 46.8 Å². The van der Waals surface area contributed by atoms with Crippen molar-refractivity contribution in [1.82, 2.24) is 0 Å². The summed E-state index contributed by atoms with van der Waals surface area (Å²) < 4.78 is 6.04. The van der Waals surface area contributed by atoms with Crippen molar-refractivity contribution in [3.8, 4) is 17.2 Å². The quantitative estimate of drug-likeness (QED) is 0.543. The third-order valence-corrected chi connectivity index (χ3v) is 6.41. The highest BCUT2D eigenvalue weighted by Crippen LogP contribution is 2.47. The molecule has 0 radical (unpaired) electrons. The van der Waals surface area contributed by atoms with Crippen molar-refractivity contribution in [2.75, 3.05) is 0 Å². The maximum absolute atomic E-state index is 13.0. The first-order chi connectivity index (χ1) is 15.2. The molecule has 4 heteroatoms. The SMILES string of the molecule is Cc1ccc(C)c(Cc2c(O)c(Cc3cc(C)ccc3C)c3c(c2O)C(=O)CC(C)O3)c1. The molecule has 1 atom stereocenters. The molecule has 4 rings (SSSR count). The number of fused-ring (bicyclic) bond motifs is 1. The third kappa shape index (κ3) is 3.97. The van der Waals surface area contributed by atoms with E-state index >= 15 is 0 Å². The van der Waals surface area contributed by atoms with E-state index in [1.54, 1.807) is 0 Å². The Kier molecular flexibility index (Phi) is 5.72. The first-order valence-corrected chi connectivity index (χ1v) is 11.1. The molecular weight excluding hydrogens is 400 g/mol. The topological polar surface area (TPSA) is 66.8 Å². The molecule has 0 bridgehead atoms. The Morgan fingerprint density at radius 1 is 0.844 bits per heavy atom. The monoisotopic (exact) mass is 430 g/mol. The molecule has 1 heterocycles. The van der Waals surface area contributed by atoms with E-state index in [2.05, 4.69) is 24.3 Å². The van der Waals surface area contributed by atoms with Gasteiger partial charge in [-0.25, -0.2) is 0 Å². The minimum Gasteiger partial charge on any atom is -0.507 e. The van der Waals surface area contributed by atoms with Gasteiger partial charge in [0.15, 0.2) is 5.78 Å². The van der Waals surface area contributed by atoms with Gasteiger partial charge in [0.25, 0.3) is 0 Å². The summed E-state index contributed by atoms with van der Waals surface area (Å²) in [5.74, 6) is 0.0000289. The maximum Gasteiger partial charge on any atom is 0.174 e. The van der Waals surface area contributed by atoms with Gasteiger partial charge in [0.2, 0.25) is 0 Å². The van der Waals surface area contributed by atoms with Crippen molar-refractivity contribution in [3.63, 3.8) is 0 Å². The van der Waals surface area contributed by atoms with Gasteiger partial charge in [-0.3, -0.25) is 4.79 Å². The Balaban J connectivity index is 1.92. The molecule has 166 valence electrons. The minimum atomic E-state index is -0.309. The highest BCUT2D eigenvalue weighted by Gasteiger charge is 2.34. The molecule has 3 aromatic carbocycles. The smallest absolute Gasteiger partial charge is 0.174 e. The van der Waals surface area contributed by atoms with Gasteiger partial charge in [0.05, 0.1) is 0 Å². The Bertz CT molecular complexity index is 1220. The Hall–Kier alpha value is -3.27. The lowest BCUT2D eigenvalue weighted by atomic mass is 9.87. The number of carbonyl (C=O) groups excluding carboxylic acids is 1. The van der Waals surface area contributed by atoms with Crippen molar-refractivity contribution in [2.45, 2.75) is 60.0 Å². The van der Waals surface area contributed by atoms with Crippen LogP contribution in [0.1, 0.15) is 68.2 Å². The summed E-state index contributed by atoms with van der Waals surface area (Å²) in [7, 11) is 0. The number of Topliss-reactive ketones (excluding diaryl/α,β-unsaturated/α-hetero) is 1. The zero-order chi connectivity index (χ0) is 23.2. The number of hydrogen-bond donors (Lipinski definition) is 2. The fourth-order valence-electron chi connectivity index (χ4n) is 4.50. The molecule has 0 saturated carbocycles. The molecule has 0 amide bonds. The molecule has 0 saturated heterocycles. The number of carbonyl (C=O) groups is 1. The predicted molar refractivity (Wildman–Crippen MR) is 126 cm³/mol. The van der Waals surface area contributed by atoms with Crippen molar-refractivity contribution >= 4 is 5.78 Å². The fourth-order valence-corrected chi connectivity index (χ4v) is 4.50. The highest BCUT2D eigenvalue weighted by atomic mass is 16.5. The van der Waals surface area contributed by atoms with Gasteiger partial charge in [0.1, 0.15) is 28.9 Å². The van der Waals surface area contributed by atoms with Crippen molar-refractivity contribution in [2.24, 2.45) is 0 Å². The molecule has 1 aliphatic heterocycles. The van der Waals surface area contributed by atoms with Crippen molar-refractivity contribution in [3.05, 3.63) is 86.5 Å². The summed E-state index contributed by atoms with van der Waals surface area (Å²) in [4.78, 5) is 13.0. The van der Waals surface area contributed by atoms with Crippen LogP contribution in [-0.4, -0.2) is 22.1 Å². The van der Waals surface area contributed by atoms with E-state index in [9.17, 15) is 15.0 Å². The lowest BCUT2D eigenvalue weighted by Gasteiger charge is -2.28. The van der Waals surface area contributed by atoms with Crippen LogP contribution in [0.4, 0.5) is 0 Å². The standard InChI is InChI=1S/C28H30O4/c1-15-6-8-17(3)20(10-15)13-22-26(30)23(14-21-11-16(2)7-9-18(21)4)28-25(27(22)31)24(29)12-19(5)32-28/h6-11,19,30-31H,12-14H2,1-5H3. The Morgan fingerprint density at radius 2 is 1.38 bits per heavy atom. The highest BCUT2D eigenvalue weighted by molar-refractivity contribution is 6.04. The number of aryl methyl sites for hydroxylation is 4. The van der Waals surface area contributed by atoms with Gasteiger partial charge < -0.3 is 14.9 Å². The summed E-state index contributed by atoms with van der Waals surface area (Å²) in [6, 6.07) is 12.3. The lowest BCUT2D eigenvalue weighted by molar-refractivity contribution is 0.0863. The molecule has 2 N–H and O–H groups in total. The molecule has 0 spiro atoms. The normalized spacial score (nSPS) is 15.4. The van der Waals surface area contributed by atoms with Gasteiger partial charge in [-0.1, -0.05) is 47.5 Å². The van der Waals surface area contributed by atoms with Gasteiger partial charge >= 0.3 is 0 Å². The van der Waals surface area contributed by atoms with Crippen LogP contribution in [0.15, 0.2) is 36.4 Å². The Morgan fingerprint density at radius 3 is 1.94 bits per heavy atom. The average Bonchev–Trinajstić information content (AvgIpc) is 2.72. The average molecular weight is 431 g/mol. The fraction of sp³-hybridized carbons (Fsp3) is 0.321. The molecule has 0 fully saturated rings. The second kappa shape index (κ2) is 8.34. The van der Waals surface area contributed by atoms with Crippen molar-refractivity contribution < 1.29 is 19.7 Å². The van der Waals surface area contributed by atoms with E-state index in [1.165, 1.54) is 0 Å². The van der Waals surface area contributed by atoms with Crippen LogP contribution in [0.3, 0.4) is 0 Å². The second-order valence-electron chi connectivity index (χ2n) is 9.13. The molecule has 32 heavy (non-hydrogen) atoms. The number of hydrogen-bond acceptors (Lipinski definition) is 4. The van der Waals surface area contributed by atoms with Gasteiger partial charge in [-0.2, -0.15) is 0 Å². The molecule has 1 aliphatic rings. The third-order valence-electron chi connectivity index (χ3n) is 6.41. The zero-order valence-corrected chi connectivity index (χ0v) is 19.4. The molecule has 4 nitrogen and oxygen atoms in total. The van der Waals surface area contributed by atoms with Crippen LogP contribution in [0, 0.1) is 27.7 Å². The van der Waals surface area contributed by atoms with E-state index in [-0.39, 0.29) is 35.4 Å².